The van der Waals surface area contributed by atoms with Crippen molar-refractivity contribution >= 4 is 0 Å². The first-order valence-electron chi connectivity index (χ1n) is 6.49. The molecule has 4 heteroatoms. The molecule has 0 aromatic heterocycles. The first-order valence-corrected chi connectivity index (χ1v) is 6.49. The van der Waals surface area contributed by atoms with Crippen molar-refractivity contribution in [3.05, 3.63) is 53.6 Å². The van der Waals surface area contributed by atoms with Crippen LogP contribution in [0.4, 0.5) is 0 Å². The molecule has 0 aliphatic carbocycles. The number of methoxy groups -OCH3 is 1. The Balaban J connectivity index is 2.04. The van der Waals surface area contributed by atoms with Gasteiger partial charge in [-0.25, -0.2) is 0 Å². The molecule has 0 aliphatic heterocycles. The molecule has 2 aromatic rings. The summed E-state index contributed by atoms with van der Waals surface area (Å²) in [6.45, 7) is 2.64. The maximum atomic E-state index is 9.47. The summed E-state index contributed by atoms with van der Waals surface area (Å²) >= 11 is 0. The number of rotatable bonds is 5. The minimum atomic E-state index is -0.105. The summed E-state index contributed by atoms with van der Waals surface area (Å²) in [5.41, 5.74) is 1.99. The Morgan fingerprint density at radius 3 is 2.55 bits per heavy atom. The zero-order valence-electron chi connectivity index (χ0n) is 11.6. The molecule has 0 bridgehead atoms. The van der Waals surface area contributed by atoms with Crippen LogP contribution in [-0.4, -0.2) is 17.3 Å². The number of benzene rings is 2. The minimum Gasteiger partial charge on any atom is -0.504 e. The van der Waals surface area contributed by atoms with Gasteiger partial charge < -0.3 is 20.3 Å². The SMILES string of the molecule is COc1ccccc1[C@H](C)NCc1ccc(O)c(O)c1. The molecule has 0 amide bonds. The van der Waals surface area contributed by atoms with Crippen LogP contribution in [0.25, 0.3) is 0 Å². The van der Waals surface area contributed by atoms with E-state index in [0.717, 1.165) is 16.9 Å². The van der Waals surface area contributed by atoms with Crippen LogP contribution >= 0.6 is 0 Å². The highest BCUT2D eigenvalue weighted by molar-refractivity contribution is 5.40. The van der Waals surface area contributed by atoms with Gasteiger partial charge in [-0.2, -0.15) is 0 Å². The van der Waals surface area contributed by atoms with E-state index in [-0.39, 0.29) is 17.5 Å². The summed E-state index contributed by atoms with van der Waals surface area (Å²) in [6.07, 6.45) is 0. The number of phenolic OH excluding ortho intramolecular Hbond substituents is 2. The van der Waals surface area contributed by atoms with E-state index in [2.05, 4.69) is 12.2 Å². The Morgan fingerprint density at radius 2 is 1.85 bits per heavy atom. The van der Waals surface area contributed by atoms with Gasteiger partial charge in [-0.05, 0) is 30.7 Å². The summed E-state index contributed by atoms with van der Waals surface area (Å²) in [6, 6.07) is 12.8. The smallest absolute Gasteiger partial charge is 0.157 e. The second-order valence-electron chi connectivity index (χ2n) is 4.67. The van der Waals surface area contributed by atoms with Crippen molar-refractivity contribution in [1.82, 2.24) is 5.32 Å². The lowest BCUT2D eigenvalue weighted by Gasteiger charge is -2.17. The molecule has 3 N–H and O–H groups in total. The van der Waals surface area contributed by atoms with Crippen molar-refractivity contribution in [3.8, 4) is 17.2 Å². The summed E-state index contributed by atoms with van der Waals surface area (Å²) in [7, 11) is 1.66. The average Bonchev–Trinajstić information content (AvgIpc) is 2.48. The van der Waals surface area contributed by atoms with Gasteiger partial charge in [-0.15, -0.1) is 0 Å². The molecule has 0 spiro atoms. The molecular formula is C16H19NO3. The Morgan fingerprint density at radius 1 is 1.10 bits per heavy atom. The van der Waals surface area contributed by atoms with Gasteiger partial charge >= 0.3 is 0 Å². The van der Waals surface area contributed by atoms with Gasteiger partial charge in [0.05, 0.1) is 7.11 Å². The van der Waals surface area contributed by atoms with Crippen LogP contribution in [0.15, 0.2) is 42.5 Å². The molecule has 20 heavy (non-hydrogen) atoms. The van der Waals surface area contributed by atoms with Crippen LogP contribution in [-0.2, 0) is 6.54 Å². The lowest BCUT2D eigenvalue weighted by atomic mass is 10.1. The quantitative estimate of drug-likeness (QED) is 0.733. The van der Waals surface area contributed by atoms with E-state index in [1.807, 2.05) is 24.3 Å². The van der Waals surface area contributed by atoms with Crippen molar-refractivity contribution in [1.29, 1.82) is 0 Å². The van der Waals surface area contributed by atoms with E-state index in [4.69, 9.17) is 4.74 Å². The third-order valence-electron chi connectivity index (χ3n) is 3.26. The molecule has 0 heterocycles. The molecule has 4 nitrogen and oxygen atoms in total. The fourth-order valence-electron chi connectivity index (χ4n) is 2.08. The van der Waals surface area contributed by atoms with E-state index in [1.54, 1.807) is 19.2 Å². The Kier molecular flexibility index (Phi) is 4.48. The molecular weight excluding hydrogens is 254 g/mol. The van der Waals surface area contributed by atoms with E-state index in [0.29, 0.717) is 6.54 Å². The molecule has 0 unspecified atom stereocenters. The van der Waals surface area contributed by atoms with Gasteiger partial charge in [0.25, 0.3) is 0 Å². The van der Waals surface area contributed by atoms with Crippen LogP contribution < -0.4 is 10.1 Å². The van der Waals surface area contributed by atoms with Crippen molar-refractivity contribution < 1.29 is 14.9 Å². The highest BCUT2D eigenvalue weighted by Gasteiger charge is 2.10. The zero-order chi connectivity index (χ0) is 14.5. The molecule has 0 saturated carbocycles. The number of aromatic hydroxyl groups is 2. The summed E-state index contributed by atoms with van der Waals surface area (Å²) in [4.78, 5) is 0. The topological polar surface area (TPSA) is 61.7 Å². The first-order chi connectivity index (χ1) is 9.61. The highest BCUT2D eigenvalue weighted by Crippen LogP contribution is 2.27. The van der Waals surface area contributed by atoms with Crippen molar-refractivity contribution in [2.45, 2.75) is 19.5 Å². The van der Waals surface area contributed by atoms with Crippen molar-refractivity contribution in [2.75, 3.05) is 7.11 Å². The van der Waals surface area contributed by atoms with Crippen LogP contribution in [0.3, 0.4) is 0 Å². The molecule has 0 aliphatic rings. The summed E-state index contributed by atoms with van der Waals surface area (Å²) in [5.74, 6) is 0.641. The summed E-state index contributed by atoms with van der Waals surface area (Å²) in [5, 5.41) is 22.1. The third kappa shape index (κ3) is 3.22. The average molecular weight is 273 g/mol. The number of para-hydroxylation sites is 1. The number of hydrogen-bond acceptors (Lipinski definition) is 4. The standard InChI is InChI=1S/C16H19NO3/c1-11(13-5-3-4-6-16(13)20-2)17-10-12-7-8-14(18)15(19)9-12/h3-9,11,17-19H,10H2,1-2H3/t11-/m0/s1. The Hall–Kier alpha value is -2.20. The Bertz CT molecular complexity index is 584. The molecule has 0 fully saturated rings. The van der Waals surface area contributed by atoms with Crippen LogP contribution in [0, 0.1) is 0 Å². The normalized spacial score (nSPS) is 12.1. The van der Waals surface area contributed by atoms with Gasteiger partial charge in [0.2, 0.25) is 0 Å². The zero-order valence-corrected chi connectivity index (χ0v) is 11.6. The van der Waals surface area contributed by atoms with Gasteiger partial charge in [-0.3, -0.25) is 0 Å². The maximum absolute atomic E-state index is 9.47. The van der Waals surface area contributed by atoms with Gasteiger partial charge in [-0.1, -0.05) is 24.3 Å². The van der Waals surface area contributed by atoms with Crippen LogP contribution in [0.2, 0.25) is 0 Å². The van der Waals surface area contributed by atoms with Crippen LogP contribution in [0.1, 0.15) is 24.1 Å². The minimum absolute atomic E-state index is 0.103. The fraction of sp³-hybridized carbons (Fsp3) is 0.250. The van der Waals surface area contributed by atoms with Gasteiger partial charge in [0.1, 0.15) is 5.75 Å². The van der Waals surface area contributed by atoms with E-state index in [1.165, 1.54) is 6.07 Å². The predicted octanol–water partition coefficient (Wildman–Crippen LogP) is 2.96. The van der Waals surface area contributed by atoms with Crippen molar-refractivity contribution in [3.63, 3.8) is 0 Å². The highest BCUT2D eigenvalue weighted by atomic mass is 16.5. The van der Waals surface area contributed by atoms with Gasteiger partial charge in [0.15, 0.2) is 11.5 Å². The maximum Gasteiger partial charge on any atom is 0.157 e. The number of hydrogen-bond donors (Lipinski definition) is 3. The predicted molar refractivity (Wildman–Crippen MR) is 78.0 cm³/mol. The Labute approximate surface area is 118 Å². The lowest BCUT2D eigenvalue weighted by Crippen LogP contribution is -2.18. The van der Waals surface area contributed by atoms with Gasteiger partial charge in [0, 0.05) is 18.2 Å². The number of phenols is 2. The second kappa shape index (κ2) is 6.30. The molecule has 0 saturated heterocycles. The second-order valence-corrected chi connectivity index (χ2v) is 4.67. The summed E-state index contributed by atoms with van der Waals surface area (Å²) < 4.78 is 5.34. The number of ether oxygens (including phenoxy) is 1. The first kappa shape index (κ1) is 14.2. The molecule has 106 valence electrons. The molecule has 1 atom stereocenters. The largest absolute Gasteiger partial charge is 0.504 e. The van der Waals surface area contributed by atoms with E-state index >= 15 is 0 Å². The molecule has 2 rings (SSSR count). The van der Waals surface area contributed by atoms with E-state index in [9.17, 15) is 10.2 Å². The monoisotopic (exact) mass is 273 g/mol. The van der Waals surface area contributed by atoms with Crippen molar-refractivity contribution in [2.24, 2.45) is 0 Å². The fourth-order valence-corrected chi connectivity index (χ4v) is 2.08. The molecule has 2 aromatic carbocycles. The number of nitrogens with one attached hydrogen (secondary N) is 1. The molecule has 0 radical (unpaired) electrons. The lowest BCUT2D eigenvalue weighted by molar-refractivity contribution is 0.399. The van der Waals surface area contributed by atoms with E-state index < -0.39 is 0 Å². The van der Waals surface area contributed by atoms with Crippen LogP contribution in [0.5, 0.6) is 17.2 Å². The third-order valence-corrected chi connectivity index (χ3v) is 3.26.